The zero-order valence-electron chi connectivity index (χ0n) is 10.1. The standard InChI is InChI=1S/C11H16N2O3S/c1-4-9-5-7-10(8-6-9)11(14)12-17(15,16)13(2)3/h5-8H,4H2,1-3H3,(H,12,14). The van der Waals surface area contributed by atoms with Gasteiger partial charge in [-0.15, -0.1) is 0 Å². The van der Waals surface area contributed by atoms with E-state index in [0.717, 1.165) is 16.3 Å². The van der Waals surface area contributed by atoms with Crippen molar-refractivity contribution in [2.45, 2.75) is 13.3 Å². The summed E-state index contributed by atoms with van der Waals surface area (Å²) in [4.78, 5) is 11.6. The van der Waals surface area contributed by atoms with Gasteiger partial charge in [-0.25, -0.2) is 4.72 Å². The van der Waals surface area contributed by atoms with E-state index in [1.807, 2.05) is 11.6 Å². The summed E-state index contributed by atoms with van der Waals surface area (Å²) < 4.78 is 25.8. The van der Waals surface area contributed by atoms with E-state index in [-0.39, 0.29) is 0 Å². The van der Waals surface area contributed by atoms with Crippen LogP contribution < -0.4 is 4.72 Å². The summed E-state index contributed by atoms with van der Waals surface area (Å²) in [7, 11) is -1.01. The Balaban J connectivity index is 2.84. The van der Waals surface area contributed by atoms with Gasteiger partial charge in [-0.1, -0.05) is 19.1 Å². The highest BCUT2D eigenvalue weighted by atomic mass is 32.2. The number of benzene rings is 1. The van der Waals surface area contributed by atoms with E-state index < -0.39 is 16.1 Å². The van der Waals surface area contributed by atoms with Crippen LogP contribution in [0.15, 0.2) is 24.3 Å². The van der Waals surface area contributed by atoms with Gasteiger partial charge in [-0.2, -0.15) is 12.7 Å². The summed E-state index contributed by atoms with van der Waals surface area (Å²) in [6, 6.07) is 6.83. The van der Waals surface area contributed by atoms with Gasteiger partial charge in [0, 0.05) is 19.7 Å². The Morgan fingerprint density at radius 3 is 2.18 bits per heavy atom. The van der Waals surface area contributed by atoms with Crippen molar-refractivity contribution in [1.29, 1.82) is 0 Å². The predicted molar refractivity (Wildman–Crippen MR) is 65.9 cm³/mol. The van der Waals surface area contributed by atoms with Crippen molar-refractivity contribution in [3.63, 3.8) is 0 Å². The minimum absolute atomic E-state index is 0.327. The Kier molecular flexibility index (Phi) is 4.25. The third-order valence-electron chi connectivity index (χ3n) is 2.33. The van der Waals surface area contributed by atoms with Gasteiger partial charge in [0.05, 0.1) is 0 Å². The lowest BCUT2D eigenvalue weighted by molar-refractivity contribution is 0.0979. The van der Waals surface area contributed by atoms with Crippen LogP contribution in [0, 0.1) is 0 Å². The second kappa shape index (κ2) is 5.29. The van der Waals surface area contributed by atoms with Crippen molar-refractivity contribution in [3.05, 3.63) is 35.4 Å². The van der Waals surface area contributed by atoms with E-state index in [4.69, 9.17) is 0 Å². The van der Waals surface area contributed by atoms with Crippen molar-refractivity contribution in [2.24, 2.45) is 0 Å². The molecule has 6 heteroatoms. The summed E-state index contributed by atoms with van der Waals surface area (Å²) in [5.74, 6) is -0.624. The van der Waals surface area contributed by atoms with E-state index in [1.54, 1.807) is 24.3 Å². The molecule has 0 fully saturated rings. The molecule has 5 nitrogen and oxygen atoms in total. The van der Waals surface area contributed by atoms with Crippen LogP contribution in [0.2, 0.25) is 0 Å². The predicted octanol–water partition coefficient (Wildman–Crippen LogP) is 0.785. The van der Waals surface area contributed by atoms with E-state index in [2.05, 4.69) is 0 Å². The highest BCUT2D eigenvalue weighted by Crippen LogP contribution is 2.05. The first-order chi connectivity index (χ1) is 7.86. The Labute approximate surface area is 102 Å². The van der Waals surface area contributed by atoms with E-state index in [9.17, 15) is 13.2 Å². The average Bonchev–Trinajstić information content (AvgIpc) is 2.28. The number of aryl methyl sites for hydroxylation is 1. The summed E-state index contributed by atoms with van der Waals surface area (Å²) >= 11 is 0. The molecule has 0 aliphatic rings. The molecule has 0 aliphatic heterocycles. The molecule has 1 N–H and O–H groups in total. The largest absolute Gasteiger partial charge is 0.303 e. The molecule has 0 atom stereocenters. The molecule has 0 radical (unpaired) electrons. The zero-order chi connectivity index (χ0) is 13.1. The Morgan fingerprint density at radius 1 is 1.24 bits per heavy atom. The first-order valence-electron chi connectivity index (χ1n) is 5.20. The van der Waals surface area contributed by atoms with Gasteiger partial charge < -0.3 is 0 Å². The lowest BCUT2D eigenvalue weighted by atomic mass is 10.1. The van der Waals surface area contributed by atoms with Crippen molar-refractivity contribution in [2.75, 3.05) is 14.1 Å². The van der Waals surface area contributed by atoms with Crippen molar-refractivity contribution < 1.29 is 13.2 Å². The van der Waals surface area contributed by atoms with Crippen LogP contribution in [0.3, 0.4) is 0 Å². The molecule has 17 heavy (non-hydrogen) atoms. The highest BCUT2D eigenvalue weighted by molar-refractivity contribution is 7.87. The van der Waals surface area contributed by atoms with E-state index in [0.29, 0.717) is 5.56 Å². The molecule has 1 aromatic carbocycles. The quantitative estimate of drug-likeness (QED) is 0.866. The van der Waals surface area contributed by atoms with Crippen LogP contribution >= 0.6 is 0 Å². The van der Waals surface area contributed by atoms with E-state index >= 15 is 0 Å². The van der Waals surface area contributed by atoms with Crippen LogP contribution in [0.25, 0.3) is 0 Å². The molecule has 0 bridgehead atoms. The van der Waals surface area contributed by atoms with Gasteiger partial charge in [0.15, 0.2) is 0 Å². The molecule has 1 rings (SSSR count). The van der Waals surface area contributed by atoms with Crippen LogP contribution in [-0.4, -0.2) is 32.7 Å². The second-order valence-electron chi connectivity index (χ2n) is 3.77. The molecular formula is C11H16N2O3S. The fraction of sp³-hybridized carbons (Fsp3) is 0.364. The highest BCUT2D eigenvalue weighted by Gasteiger charge is 2.17. The number of hydrogen-bond acceptors (Lipinski definition) is 3. The molecule has 0 saturated carbocycles. The lowest BCUT2D eigenvalue weighted by Crippen LogP contribution is -2.39. The Bertz CT molecular complexity index is 492. The van der Waals surface area contributed by atoms with Gasteiger partial charge in [0.1, 0.15) is 0 Å². The van der Waals surface area contributed by atoms with Gasteiger partial charge >= 0.3 is 10.2 Å². The number of amides is 1. The molecule has 0 spiro atoms. The molecule has 0 aliphatic carbocycles. The van der Waals surface area contributed by atoms with Crippen molar-refractivity contribution >= 4 is 16.1 Å². The van der Waals surface area contributed by atoms with Crippen molar-refractivity contribution in [3.8, 4) is 0 Å². The van der Waals surface area contributed by atoms with E-state index in [1.165, 1.54) is 14.1 Å². The average molecular weight is 256 g/mol. The van der Waals surface area contributed by atoms with Crippen LogP contribution in [-0.2, 0) is 16.6 Å². The number of nitrogens with one attached hydrogen (secondary N) is 1. The first-order valence-corrected chi connectivity index (χ1v) is 6.64. The Hall–Kier alpha value is -1.40. The summed E-state index contributed by atoms with van der Waals surface area (Å²) in [6.45, 7) is 2.01. The molecule has 0 heterocycles. The maximum absolute atomic E-state index is 11.6. The second-order valence-corrected chi connectivity index (χ2v) is 5.65. The Morgan fingerprint density at radius 2 is 1.76 bits per heavy atom. The smallest absolute Gasteiger partial charge is 0.268 e. The summed E-state index contributed by atoms with van der Waals surface area (Å²) in [6.07, 6.45) is 0.873. The van der Waals surface area contributed by atoms with Gasteiger partial charge in [0.2, 0.25) is 0 Å². The molecule has 94 valence electrons. The number of rotatable bonds is 4. The number of carbonyl (C=O) groups excluding carboxylic acids is 1. The van der Waals surface area contributed by atoms with Gasteiger partial charge in [-0.3, -0.25) is 4.79 Å². The number of hydrogen-bond donors (Lipinski definition) is 1. The molecule has 1 amide bonds. The minimum atomic E-state index is -3.73. The SMILES string of the molecule is CCc1ccc(C(=O)NS(=O)(=O)N(C)C)cc1. The maximum atomic E-state index is 11.6. The van der Waals surface area contributed by atoms with Crippen LogP contribution in [0.5, 0.6) is 0 Å². The molecular weight excluding hydrogens is 240 g/mol. The molecule has 0 unspecified atom stereocenters. The third-order valence-corrected chi connectivity index (χ3v) is 3.73. The maximum Gasteiger partial charge on any atom is 0.303 e. The molecule has 0 saturated heterocycles. The summed E-state index contributed by atoms with van der Waals surface area (Å²) in [5.41, 5.74) is 1.42. The van der Waals surface area contributed by atoms with Crippen LogP contribution in [0.4, 0.5) is 0 Å². The monoisotopic (exact) mass is 256 g/mol. The third kappa shape index (κ3) is 3.54. The van der Waals surface area contributed by atoms with Gasteiger partial charge in [0.25, 0.3) is 5.91 Å². The fourth-order valence-electron chi connectivity index (χ4n) is 1.16. The molecule has 0 aromatic heterocycles. The fourth-order valence-corrected chi connectivity index (χ4v) is 1.69. The zero-order valence-corrected chi connectivity index (χ0v) is 10.9. The summed E-state index contributed by atoms with van der Waals surface area (Å²) in [5, 5.41) is 0. The van der Waals surface area contributed by atoms with Gasteiger partial charge in [-0.05, 0) is 24.1 Å². The number of nitrogens with zero attached hydrogens (tertiary/aromatic N) is 1. The molecule has 1 aromatic rings. The lowest BCUT2D eigenvalue weighted by Gasteiger charge is -2.12. The first kappa shape index (κ1) is 13.7. The number of carbonyl (C=O) groups is 1. The topological polar surface area (TPSA) is 66.5 Å². The van der Waals surface area contributed by atoms with Crippen molar-refractivity contribution in [1.82, 2.24) is 9.03 Å². The van der Waals surface area contributed by atoms with Crippen LogP contribution in [0.1, 0.15) is 22.8 Å². The minimum Gasteiger partial charge on any atom is -0.268 e. The normalized spacial score (nSPS) is 11.5.